The fraction of sp³-hybridized carbons (Fsp3) is 0.235. The molecule has 116 valence electrons. The monoisotopic (exact) mass is 302 g/mol. The predicted octanol–water partition coefficient (Wildman–Crippen LogP) is 3.08. The van der Waals surface area contributed by atoms with Crippen LogP contribution >= 0.6 is 0 Å². The molecule has 2 aromatic rings. The third kappa shape index (κ3) is 4.70. The van der Waals surface area contributed by atoms with Crippen molar-refractivity contribution in [3.63, 3.8) is 0 Å². The van der Waals surface area contributed by atoms with Gasteiger partial charge in [0.05, 0.1) is 13.7 Å². The Morgan fingerprint density at radius 2 is 1.32 bits per heavy atom. The van der Waals surface area contributed by atoms with E-state index in [1.807, 2.05) is 6.92 Å². The second-order valence-corrected chi connectivity index (χ2v) is 4.34. The van der Waals surface area contributed by atoms with Crippen LogP contribution in [0.25, 0.3) is 0 Å². The summed E-state index contributed by atoms with van der Waals surface area (Å²) in [6.07, 6.45) is 0. The number of rotatable bonds is 7. The van der Waals surface area contributed by atoms with Crippen LogP contribution in [-0.2, 0) is 4.79 Å². The Bertz CT molecular complexity index is 589. The van der Waals surface area contributed by atoms with Gasteiger partial charge in [0.25, 0.3) is 0 Å². The van der Waals surface area contributed by atoms with E-state index in [4.69, 9.17) is 18.9 Å². The van der Waals surface area contributed by atoms with Crippen LogP contribution in [0.15, 0.2) is 48.5 Å². The number of carbonyl (C=O) groups excluding carboxylic acids is 1. The molecular formula is C17H18O5. The SMILES string of the molecule is CCOc1ccc(OCC(=O)Oc2ccc(OC)cc2)cc1. The number of hydrogen-bond donors (Lipinski definition) is 0. The molecule has 22 heavy (non-hydrogen) atoms. The molecular weight excluding hydrogens is 284 g/mol. The summed E-state index contributed by atoms with van der Waals surface area (Å²) in [7, 11) is 1.58. The van der Waals surface area contributed by atoms with E-state index in [0.717, 1.165) is 5.75 Å². The minimum atomic E-state index is -0.473. The lowest BCUT2D eigenvalue weighted by Gasteiger charge is -2.08. The van der Waals surface area contributed by atoms with Gasteiger partial charge in [0.15, 0.2) is 6.61 Å². The van der Waals surface area contributed by atoms with Crippen LogP contribution < -0.4 is 18.9 Å². The topological polar surface area (TPSA) is 54.0 Å². The van der Waals surface area contributed by atoms with Gasteiger partial charge < -0.3 is 18.9 Å². The third-order valence-corrected chi connectivity index (χ3v) is 2.78. The Hall–Kier alpha value is -2.69. The van der Waals surface area contributed by atoms with E-state index in [1.165, 1.54) is 0 Å². The van der Waals surface area contributed by atoms with Crippen LogP contribution in [0.5, 0.6) is 23.0 Å². The zero-order valence-corrected chi connectivity index (χ0v) is 12.6. The summed E-state index contributed by atoms with van der Waals surface area (Å²) < 4.78 is 20.9. The number of benzene rings is 2. The molecule has 0 aromatic heterocycles. The van der Waals surface area contributed by atoms with E-state index in [-0.39, 0.29) is 6.61 Å². The van der Waals surface area contributed by atoms with E-state index < -0.39 is 5.97 Å². The summed E-state index contributed by atoms with van der Waals surface area (Å²) in [5.41, 5.74) is 0. The average molecular weight is 302 g/mol. The van der Waals surface area contributed by atoms with Gasteiger partial charge in [0.2, 0.25) is 0 Å². The minimum absolute atomic E-state index is 0.167. The number of carbonyl (C=O) groups is 1. The third-order valence-electron chi connectivity index (χ3n) is 2.78. The molecule has 2 aromatic carbocycles. The van der Waals surface area contributed by atoms with Gasteiger partial charge in [-0.1, -0.05) is 0 Å². The maximum absolute atomic E-state index is 11.7. The zero-order chi connectivity index (χ0) is 15.8. The van der Waals surface area contributed by atoms with Gasteiger partial charge in [-0.05, 0) is 55.5 Å². The van der Waals surface area contributed by atoms with Gasteiger partial charge in [-0.3, -0.25) is 0 Å². The Morgan fingerprint density at radius 1 is 0.818 bits per heavy atom. The molecule has 0 radical (unpaired) electrons. The summed E-state index contributed by atoms with van der Waals surface area (Å²) in [5, 5.41) is 0. The highest BCUT2D eigenvalue weighted by atomic mass is 16.6. The first-order valence-electron chi connectivity index (χ1n) is 6.91. The smallest absolute Gasteiger partial charge is 0.349 e. The highest BCUT2D eigenvalue weighted by Gasteiger charge is 2.06. The number of ether oxygens (including phenoxy) is 4. The van der Waals surface area contributed by atoms with Crippen LogP contribution in [0.4, 0.5) is 0 Å². The van der Waals surface area contributed by atoms with Crippen molar-refractivity contribution in [1.82, 2.24) is 0 Å². The van der Waals surface area contributed by atoms with E-state index in [9.17, 15) is 4.79 Å². The molecule has 0 heterocycles. The fourth-order valence-electron chi connectivity index (χ4n) is 1.75. The van der Waals surface area contributed by atoms with Crippen molar-refractivity contribution in [3.8, 4) is 23.0 Å². The summed E-state index contributed by atoms with van der Waals surface area (Å²) in [6, 6.07) is 13.8. The van der Waals surface area contributed by atoms with Crippen molar-refractivity contribution >= 4 is 5.97 Å². The fourth-order valence-corrected chi connectivity index (χ4v) is 1.75. The summed E-state index contributed by atoms with van der Waals surface area (Å²) in [5.74, 6) is 2.01. The minimum Gasteiger partial charge on any atom is -0.497 e. The molecule has 0 fully saturated rings. The number of hydrogen-bond acceptors (Lipinski definition) is 5. The van der Waals surface area contributed by atoms with Gasteiger partial charge >= 0.3 is 5.97 Å². The van der Waals surface area contributed by atoms with Crippen molar-refractivity contribution in [3.05, 3.63) is 48.5 Å². The van der Waals surface area contributed by atoms with Crippen molar-refractivity contribution in [2.75, 3.05) is 20.3 Å². The number of esters is 1. The molecule has 0 aliphatic heterocycles. The van der Waals surface area contributed by atoms with E-state index >= 15 is 0 Å². The Kier molecular flexibility index (Phi) is 5.65. The maximum atomic E-state index is 11.7. The van der Waals surface area contributed by atoms with E-state index in [0.29, 0.717) is 23.9 Å². The quantitative estimate of drug-likeness (QED) is 0.581. The molecule has 0 saturated carbocycles. The molecule has 0 spiro atoms. The Morgan fingerprint density at radius 3 is 1.86 bits per heavy atom. The Balaban J connectivity index is 1.81. The average Bonchev–Trinajstić information content (AvgIpc) is 2.55. The highest BCUT2D eigenvalue weighted by Crippen LogP contribution is 2.19. The van der Waals surface area contributed by atoms with Gasteiger partial charge in [0.1, 0.15) is 23.0 Å². The Labute approximate surface area is 129 Å². The van der Waals surface area contributed by atoms with Crippen LogP contribution in [0.3, 0.4) is 0 Å². The first-order valence-corrected chi connectivity index (χ1v) is 6.91. The van der Waals surface area contributed by atoms with Crippen LogP contribution in [0.1, 0.15) is 6.92 Å². The van der Waals surface area contributed by atoms with Crippen molar-refractivity contribution in [2.24, 2.45) is 0 Å². The van der Waals surface area contributed by atoms with Crippen molar-refractivity contribution in [2.45, 2.75) is 6.92 Å². The largest absolute Gasteiger partial charge is 0.497 e. The molecule has 2 rings (SSSR count). The summed E-state index contributed by atoms with van der Waals surface area (Å²) in [4.78, 5) is 11.7. The zero-order valence-electron chi connectivity index (χ0n) is 12.6. The summed E-state index contributed by atoms with van der Waals surface area (Å²) in [6.45, 7) is 2.36. The lowest BCUT2D eigenvalue weighted by Crippen LogP contribution is -2.17. The molecule has 0 N–H and O–H groups in total. The first-order chi connectivity index (χ1) is 10.7. The second-order valence-electron chi connectivity index (χ2n) is 4.34. The molecule has 0 saturated heterocycles. The van der Waals surface area contributed by atoms with Gasteiger partial charge in [0, 0.05) is 0 Å². The van der Waals surface area contributed by atoms with Gasteiger partial charge in [-0.2, -0.15) is 0 Å². The molecule has 0 unspecified atom stereocenters. The lowest BCUT2D eigenvalue weighted by atomic mass is 10.3. The van der Waals surface area contributed by atoms with Crippen molar-refractivity contribution < 1.29 is 23.7 Å². The lowest BCUT2D eigenvalue weighted by molar-refractivity contribution is -0.136. The predicted molar refractivity (Wildman–Crippen MR) is 81.7 cm³/mol. The standard InChI is InChI=1S/C17H18O5/c1-3-20-14-6-8-15(9-7-14)21-12-17(18)22-16-10-4-13(19-2)5-11-16/h4-11H,3,12H2,1-2H3. The second kappa shape index (κ2) is 7.93. The first kappa shape index (κ1) is 15.7. The molecule has 0 amide bonds. The van der Waals surface area contributed by atoms with E-state index in [1.54, 1.807) is 55.6 Å². The van der Waals surface area contributed by atoms with Crippen LogP contribution in [0.2, 0.25) is 0 Å². The van der Waals surface area contributed by atoms with Crippen LogP contribution in [0, 0.1) is 0 Å². The highest BCUT2D eigenvalue weighted by molar-refractivity contribution is 5.74. The van der Waals surface area contributed by atoms with Crippen molar-refractivity contribution in [1.29, 1.82) is 0 Å². The van der Waals surface area contributed by atoms with Crippen LogP contribution in [-0.4, -0.2) is 26.3 Å². The normalized spacial score (nSPS) is 9.91. The molecule has 5 heteroatoms. The number of methoxy groups -OCH3 is 1. The van der Waals surface area contributed by atoms with Gasteiger partial charge in [-0.25, -0.2) is 4.79 Å². The van der Waals surface area contributed by atoms with E-state index in [2.05, 4.69) is 0 Å². The molecule has 0 aliphatic rings. The summed E-state index contributed by atoms with van der Waals surface area (Å²) >= 11 is 0. The maximum Gasteiger partial charge on any atom is 0.349 e. The molecule has 0 aliphatic carbocycles. The molecule has 0 bridgehead atoms. The molecule has 5 nitrogen and oxygen atoms in total. The van der Waals surface area contributed by atoms with Gasteiger partial charge in [-0.15, -0.1) is 0 Å². The molecule has 0 atom stereocenters.